The zero-order valence-electron chi connectivity index (χ0n) is 10.9. The Morgan fingerprint density at radius 2 is 1.79 bits per heavy atom. The van der Waals surface area contributed by atoms with Crippen molar-refractivity contribution in [3.05, 3.63) is 23.8 Å². The molecule has 0 saturated carbocycles. The van der Waals surface area contributed by atoms with Gasteiger partial charge >= 0.3 is 0 Å². The summed E-state index contributed by atoms with van der Waals surface area (Å²) < 4.78 is 0. The molecule has 0 spiro atoms. The number of hydrogen-bond donors (Lipinski definition) is 3. The minimum absolute atomic E-state index is 0.0960. The number of rotatable bonds is 3. The van der Waals surface area contributed by atoms with E-state index in [-0.39, 0.29) is 17.4 Å². The number of amides is 1. The summed E-state index contributed by atoms with van der Waals surface area (Å²) >= 11 is 0. The van der Waals surface area contributed by atoms with Crippen LogP contribution in [0.3, 0.4) is 0 Å². The third-order valence-corrected chi connectivity index (χ3v) is 3.63. The van der Waals surface area contributed by atoms with Gasteiger partial charge in [0.15, 0.2) is 0 Å². The van der Waals surface area contributed by atoms with Crippen molar-refractivity contribution in [3.63, 3.8) is 0 Å². The van der Waals surface area contributed by atoms with Gasteiger partial charge in [0.05, 0.1) is 0 Å². The number of nitrogens with zero attached hydrogens (tertiary/aromatic N) is 1. The average molecular weight is 264 g/mol. The Balaban J connectivity index is 2.01. The van der Waals surface area contributed by atoms with Crippen LogP contribution in [0.4, 0.5) is 0 Å². The molecule has 1 heterocycles. The maximum atomic E-state index is 12.2. The molecule has 5 heteroatoms. The summed E-state index contributed by atoms with van der Waals surface area (Å²) in [6.45, 7) is 2.11. The normalized spacial score (nSPS) is 16.6. The van der Waals surface area contributed by atoms with E-state index < -0.39 is 0 Å². The highest BCUT2D eigenvalue weighted by Crippen LogP contribution is 2.24. The third kappa shape index (κ3) is 3.38. The fourth-order valence-corrected chi connectivity index (χ4v) is 2.56. The summed E-state index contributed by atoms with van der Waals surface area (Å²) in [6.07, 6.45) is 2.94. The molecule has 0 bridgehead atoms. The topological polar surface area (TPSA) is 86.8 Å². The second-order valence-electron chi connectivity index (χ2n) is 5.05. The van der Waals surface area contributed by atoms with Gasteiger partial charge < -0.3 is 20.8 Å². The molecule has 19 heavy (non-hydrogen) atoms. The van der Waals surface area contributed by atoms with Crippen LogP contribution in [0, 0.1) is 5.92 Å². The Morgan fingerprint density at radius 3 is 2.32 bits per heavy atom. The van der Waals surface area contributed by atoms with E-state index in [1.807, 2.05) is 0 Å². The van der Waals surface area contributed by atoms with Crippen molar-refractivity contribution in [1.29, 1.82) is 0 Å². The van der Waals surface area contributed by atoms with Crippen LogP contribution in [0.1, 0.15) is 29.6 Å². The van der Waals surface area contributed by atoms with E-state index in [4.69, 9.17) is 5.73 Å². The number of aromatic hydroxyl groups is 2. The summed E-state index contributed by atoms with van der Waals surface area (Å²) in [5, 5.41) is 18.8. The SMILES string of the molecule is NCCC1CCN(C(=O)c2cc(O)cc(O)c2)CC1. The highest BCUT2D eigenvalue weighted by Gasteiger charge is 2.23. The standard InChI is InChI=1S/C14H20N2O3/c15-4-1-10-2-5-16(6-3-10)14(19)11-7-12(17)9-13(18)8-11/h7-10,17-18H,1-6,15H2. The minimum Gasteiger partial charge on any atom is -0.508 e. The maximum Gasteiger partial charge on any atom is 0.254 e. The van der Waals surface area contributed by atoms with Gasteiger partial charge in [0.1, 0.15) is 11.5 Å². The predicted octanol–water partition coefficient (Wildman–Crippen LogP) is 1.30. The molecule has 104 valence electrons. The summed E-state index contributed by atoms with van der Waals surface area (Å²) in [5.41, 5.74) is 5.87. The van der Waals surface area contributed by atoms with Gasteiger partial charge in [-0.3, -0.25) is 4.79 Å². The highest BCUT2D eigenvalue weighted by molar-refractivity contribution is 5.95. The predicted molar refractivity (Wildman–Crippen MR) is 72.1 cm³/mol. The molecule has 0 atom stereocenters. The quantitative estimate of drug-likeness (QED) is 0.768. The van der Waals surface area contributed by atoms with Gasteiger partial charge in [-0.05, 0) is 43.9 Å². The Labute approximate surface area is 112 Å². The van der Waals surface area contributed by atoms with Crippen LogP contribution in [-0.2, 0) is 0 Å². The number of nitrogens with two attached hydrogens (primary N) is 1. The first kappa shape index (κ1) is 13.7. The highest BCUT2D eigenvalue weighted by atomic mass is 16.3. The average Bonchev–Trinajstić information content (AvgIpc) is 2.38. The van der Waals surface area contributed by atoms with Crippen LogP contribution < -0.4 is 5.73 Å². The summed E-state index contributed by atoms with van der Waals surface area (Å²) in [6, 6.07) is 3.98. The van der Waals surface area contributed by atoms with E-state index >= 15 is 0 Å². The number of benzene rings is 1. The van der Waals surface area contributed by atoms with Gasteiger partial charge in [-0.15, -0.1) is 0 Å². The second-order valence-corrected chi connectivity index (χ2v) is 5.05. The second kappa shape index (κ2) is 5.93. The molecule has 0 unspecified atom stereocenters. The molecule has 4 N–H and O–H groups in total. The molecule has 1 amide bonds. The third-order valence-electron chi connectivity index (χ3n) is 3.63. The zero-order chi connectivity index (χ0) is 13.8. The van der Waals surface area contributed by atoms with E-state index in [2.05, 4.69) is 0 Å². The zero-order valence-corrected chi connectivity index (χ0v) is 10.9. The number of hydrogen-bond acceptors (Lipinski definition) is 4. The molecular weight excluding hydrogens is 244 g/mol. The van der Waals surface area contributed by atoms with Crippen LogP contribution in [0.15, 0.2) is 18.2 Å². The number of carbonyl (C=O) groups is 1. The Bertz CT molecular complexity index is 434. The molecule has 1 aliphatic rings. The van der Waals surface area contributed by atoms with Crippen molar-refractivity contribution in [2.24, 2.45) is 11.7 Å². The molecule has 0 aromatic heterocycles. The fourth-order valence-electron chi connectivity index (χ4n) is 2.56. The number of carbonyl (C=O) groups excluding carboxylic acids is 1. The Morgan fingerprint density at radius 1 is 1.21 bits per heavy atom. The van der Waals surface area contributed by atoms with Crippen molar-refractivity contribution in [1.82, 2.24) is 4.90 Å². The van der Waals surface area contributed by atoms with Crippen molar-refractivity contribution >= 4 is 5.91 Å². The lowest BCUT2D eigenvalue weighted by molar-refractivity contribution is 0.0687. The van der Waals surface area contributed by atoms with E-state index in [0.29, 0.717) is 31.1 Å². The Hall–Kier alpha value is -1.75. The minimum atomic E-state index is -0.141. The van der Waals surface area contributed by atoms with Crippen LogP contribution in [0.5, 0.6) is 11.5 Å². The largest absolute Gasteiger partial charge is 0.508 e. The van der Waals surface area contributed by atoms with Crippen LogP contribution in [0.25, 0.3) is 0 Å². The van der Waals surface area contributed by atoms with Crippen LogP contribution in [0.2, 0.25) is 0 Å². The molecule has 1 aliphatic heterocycles. The van der Waals surface area contributed by atoms with E-state index in [1.165, 1.54) is 18.2 Å². The summed E-state index contributed by atoms with van der Waals surface area (Å²) in [7, 11) is 0. The van der Waals surface area contributed by atoms with Crippen molar-refractivity contribution in [2.75, 3.05) is 19.6 Å². The van der Waals surface area contributed by atoms with Crippen LogP contribution in [-0.4, -0.2) is 40.7 Å². The lowest BCUT2D eigenvalue weighted by Gasteiger charge is -2.32. The molecular formula is C14H20N2O3. The van der Waals surface area contributed by atoms with Gasteiger partial charge in [-0.25, -0.2) is 0 Å². The number of phenolic OH excluding ortho intramolecular Hbond substituents is 2. The van der Waals surface area contributed by atoms with E-state index in [0.717, 1.165) is 19.3 Å². The first-order valence-electron chi connectivity index (χ1n) is 6.62. The lowest BCUT2D eigenvalue weighted by atomic mass is 9.93. The molecule has 1 fully saturated rings. The Kier molecular flexibility index (Phi) is 4.27. The van der Waals surface area contributed by atoms with Crippen molar-refractivity contribution in [3.8, 4) is 11.5 Å². The number of phenols is 2. The van der Waals surface area contributed by atoms with Gasteiger partial charge in [0.2, 0.25) is 0 Å². The summed E-state index contributed by atoms with van der Waals surface area (Å²) in [5.74, 6) is 0.270. The fraction of sp³-hybridized carbons (Fsp3) is 0.500. The van der Waals surface area contributed by atoms with Gasteiger partial charge in [-0.2, -0.15) is 0 Å². The van der Waals surface area contributed by atoms with Gasteiger partial charge in [0.25, 0.3) is 5.91 Å². The van der Waals surface area contributed by atoms with Crippen LogP contribution >= 0.6 is 0 Å². The molecule has 0 radical (unpaired) electrons. The molecule has 1 saturated heterocycles. The van der Waals surface area contributed by atoms with E-state index in [1.54, 1.807) is 4.90 Å². The number of likely N-dealkylation sites (tertiary alicyclic amines) is 1. The van der Waals surface area contributed by atoms with Gasteiger partial charge in [0, 0.05) is 24.7 Å². The monoisotopic (exact) mass is 264 g/mol. The molecule has 1 aromatic rings. The lowest BCUT2D eigenvalue weighted by Crippen LogP contribution is -2.38. The molecule has 1 aromatic carbocycles. The van der Waals surface area contributed by atoms with E-state index in [9.17, 15) is 15.0 Å². The summed E-state index contributed by atoms with van der Waals surface area (Å²) in [4.78, 5) is 14.0. The smallest absolute Gasteiger partial charge is 0.254 e. The number of piperidine rings is 1. The molecule has 2 rings (SSSR count). The first-order chi connectivity index (χ1) is 9.10. The molecule has 0 aliphatic carbocycles. The first-order valence-corrected chi connectivity index (χ1v) is 6.62. The molecule has 5 nitrogen and oxygen atoms in total. The maximum absolute atomic E-state index is 12.2. The van der Waals surface area contributed by atoms with Crippen molar-refractivity contribution < 1.29 is 15.0 Å². The van der Waals surface area contributed by atoms with Gasteiger partial charge in [-0.1, -0.05) is 0 Å². The van der Waals surface area contributed by atoms with Crippen molar-refractivity contribution in [2.45, 2.75) is 19.3 Å².